The highest BCUT2D eigenvalue weighted by Crippen LogP contribution is 2.36. The third-order valence-electron chi connectivity index (χ3n) is 3.10. The molecule has 2 N–H and O–H groups in total. The van der Waals surface area contributed by atoms with Crippen LogP contribution in [0.1, 0.15) is 5.56 Å². The molecular weight excluding hydrogens is 258 g/mol. The van der Waals surface area contributed by atoms with E-state index in [4.69, 9.17) is 0 Å². The Morgan fingerprint density at radius 2 is 2.27 bits per heavy atom. The topological polar surface area (TPSA) is 54.0 Å². The molecule has 3 heterocycles. The molecule has 2 aliphatic rings. The maximum atomic E-state index is 11.8. The van der Waals surface area contributed by atoms with E-state index in [-0.39, 0.29) is 11.3 Å². The fourth-order valence-corrected chi connectivity index (χ4v) is 2.50. The van der Waals surface area contributed by atoms with E-state index in [2.05, 4.69) is 31.5 Å². The number of anilines is 1. The van der Waals surface area contributed by atoms with Crippen molar-refractivity contribution in [1.29, 1.82) is 0 Å². The van der Waals surface area contributed by atoms with Gasteiger partial charge in [-0.25, -0.2) is 4.98 Å². The first kappa shape index (κ1) is 9.30. The smallest absolute Gasteiger partial charge is 0.234 e. The second-order valence-electron chi connectivity index (χ2n) is 4.18. The third-order valence-corrected chi connectivity index (χ3v) is 3.54. The molecule has 0 aromatic carbocycles. The van der Waals surface area contributed by atoms with Crippen LogP contribution in [0.25, 0.3) is 0 Å². The summed E-state index contributed by atoms with van der Waals surface area (Å²) in [6, 6.07) is 2.03. The van der Waals surface area contributed by atoms with E-state index in [9.17, 15) is 4.79 Å². The Kier molecular flexibility index (Phi) is 1.87. The lowest BCUT2D eigenvalue weighted by Gasteiger charge is -2.43. The molecule has 4 nitrogen and oxygen atoms in total. The average Bonchev–Trinajstić information content (AvgIpc) is 2.15. The van der Waals surface area contributed by atoms with Gasteiger partial charge in [0, 0.05) is 23.8 Å². The summed E-state index contributed by atoms with van der Waals surface area (Å²) in [4.78, 5) is 16.0. The quantitative estimate of drug-likeness (QED) is 0.736. The number of hydrogen-bond donors (Lipinski definition) is 2. The number of carbonyl (C=O) groups is 1. The molecule has 15 heavy (non-hydrogen) atoms. The summed E-state index contributed by atoms with van der Waals surface area (Å²) in [5, 5.41) is 6.02. The maximum absolute atomic E-state index is 11.8. The van der Waals surface area contributed by atoms with Gasteiger partial charge in [-0.1, -0.05) is 0 Å². The van der Waals surface area contributed by atoms with Gasteiger partial charge in [0.05, 0.1) is 5.41 Å². The van der Waals surface area contributed by atoms with Crippen molar-refractivity contribution in [2.75, 3.05) is 18.4 Å². The van der Waals surface area contributed by atoms with Crippen molar-refractivity contribution in [2.45, 2.75) is 6.42 Å². The molecule has 1 amide bonds. The summed E-state index contributed by atoms with van der Waals surface area (Å²) >= 11 is 3.39. The fraction of sp³-hybridized carbons (Fsp3) is 0.400. The molecule has 78 valence electrons. The lowest BCUT2D eigenvalue weighted by molar-refractivity contribution is -0.128. The van der Waals surface area contributed by atoms with Crippen LogP contribution >= 0.6 is 15.9 Å². The van der Waals surface area contributed by atoms with Crippen molar-refractivity contribution >= 4 is 27.7 Å². The Balaban J connectivity index is 2.03. The molecule has 5 heteroatoms. The molecule has 0 bridgehead atoms. The molecule has 0 radical (unpaired) electrons. The minimum absolute atomic E-state index is 0.101. The predicted octanol–water partition coefficient (Wildman–Crippen LogP) is 0.928. The van der Waals surface area contributed by atoms with Gasteiger partial charge in [-0.2, -0.15) is 0 Å². The lowest BCUT2D eigenvalue weighted by Crippen LogP contribution is -2.62. The molecule has 1 fully saturated rings. The number of nitrogens with zero attached hydrogens (tertiary/aromatic N) is 1. The second-order valence-corrected chi connectivity index (χ2v) is 5.09. The summed E-state index contributed by atoms with van der Waals surface area (Å²) in [5.74, 6) is 0.810. The van der Waals surface area contributed by atoms with Gasteiger partial charge >= 0.3 is 0 Å². The van der Waals surface area contributed by atoms with Crippen LogP contribution in [0.2, 0.25) is 0 Å². The van der Waals surface area contributed by atoms with Gasteiger partial charge in [-0.15, -0.1) is 0 Å². The fourth-order valence-electron chi connectivity index (χ4n) is 2.13. The zero-order chi connectivity index (χ0) is 10.5. The molecule has 1 aromatic heterocycles. The highest BCUT2D eigenvalue weighted by atomic mass is 79.9. The largest absolute Gasteiger partial charge is 0.314 e. The van der Waals surface area contributed by atoms with Gasteiger partial charge in [-0.05, 0) is 34.0 Å². The van der Waals surface area contributed by atoms with Gasteiger partial charge < -0.3 is 10.6 Å². The number of rotatable bonds is 0. The Hall–Kier alpha value is -0.940. The van der Waals surface area contributed by atoms with Crippen LogP contribution in [0.3, 0.4) is 0 Å². The minimum Gasteiger partial charge on any atom is -0.314 e. The molecular formula is C10H10BrN3O. The van der Waals surface area contributed by atoms with Crippen LogP contribution in [-0.2, 0) is 11.2 Å². The molecule has 2 aliphatic heterocycles. The van der Waals surface area contributed by atoms with Crippen molar-refractivity contribution < 1.29 is 4.79 Å². The summed E-state index contributed by atoms with van der Waals surface area (Å²) in [5.41, 5.74) is 0.889. The summed E-state index contributed by atoms with van der Waals surface area (Å²) in [7, 11) is 0. The molecule has 1 aromatic rings. The van der Waals surface area contributed by atoms with E-state index in [0.29, 0.717) is 5.82 Å². The zero-order valence-electron chi connectivity index (χ0n) is 8.01. The third kappa shape index (κ3) is 1.30. The Bertz CT molecular complexity index is 442. The molecule has 0 unspecified atom stereocenters. The predicted molar refractivity (Wildman–Crippen MR) is 59.6 cm³/mol. The Morgan fingerprint density at radius 1 is 1.47 bits per heavy atom. The average molecular weight is 268 g/mol. The lowest BCUT2D eigenvalue weighted by atomic mass is 9.74. The molecule has 1 saturated heterocycles. The van der Waals surface area contributed by atoms with Crippen LogP contribution in [0.15, 0.2) is 16.7 Å². The summed E-state index contributed by atoms with van der Waals surface area (Å²) in [6.07, 6.45) is 2.49. The number of fused-ring (bicyclic) bond motifs is 1. The number of aromatic nitrogens is 1. The normalized spacial score (nSPS) is 21.8. The van der Waals surface area contributed by atoms with Crippen LogP contribution in [0.5, 0.6) is 0 Å². The first-order valence-corrected chi connectivity index (χ1v) is 5.66. The Labute approximate surface area is 95.6 Å². The van der Waals surface area contributed by atoms with Gasteiger partial charge in [-0.3, -0.25) is 4.79 Å². The summed E-state index contributed by atoms with van der Waals surface area (Å²) < 4.78 is 0.958. The minimum atomic E-state index is -0.227. The zero-order valence-corrected chi connectivity index (χ0v) is 9.60. The number of halogens is 1. The van der Waals surface area contributed by atoms with Crippen molar-refractivity contribution in [2.24, 2.45) is 5.41 Å². The van der Waals surface area contributed by atoms with Crippen LogP contribution in [0.4, 0.5) is 5.82 Å². The van der Waals surface area contributed by atoms with Crippen molar-refractivity contribution in [3.63, 3.8) is 0 Å². The molecule has 0 atom stereocenters. The van der Waals surface area contributed by atoms with E-state index < -0.39 is 0 Å². The highest BCUT2D eigenvalue weighted by Gasteiger charge is 2.47. The SMILES string of the molecule is O=C1Nc2ncc(Br)cc2CC12CNC2. The van der Waals surface area contributed by atoms with E-state index in [1.54, 1.807) is 6.20 Å². The molecule has 0 saturated carbocycles. The first-order valence-electron chi connectivity index (χ1n) is 4.86. The van der Waals surface area contributed by atoms with Crippen LogP contribution in [-0.4, -0.2) is 24.0 Å². The number of amides is 1. The van der Waals surface area contributed by atoms with E-state index >= 15 is 0 Å². The van der Waals surface area contributed by atoms with Crippen LogP contribution in [0, 0.1) is 5.41 Å². The number of nitrogens with one attached hydrogen (secondary N) is 2. The summed E-state index contributed by atoms with van der Waals surface area (Å²) in [6.45, 7) is 1.54. The van der Waals surface area contributed by atoms with Crippen molar-refractivity contribution in [3.05, 3.63) is 22.3 Å². The number of carbonyl (C=O) groups excluding carboxylic acids is 1. The maximum Gasteiger partial charge on any atom is 0.234 e. The Morgan fingerprint density at radius 3 is 2.93 bits per heavy atom. The van der Waals surface area contributed by atoms with E-state index in [1.165, 1.54) is 0 Å². The van der Waals surface area contributed by atoms with E-state index in [1.807, 2.05) is 6.07 Å². The van der Waals surface area contributed by atoms with E-state index in [0.717, 1.165) is 29.5 Å². The van der Waals surface area contributed by atoms with Crippen molar-refractivity contribution in [1.82, 2.24) is 10.3 Å². The standard InChI is InChI=1S/C10H10BrN3O/c11-7-1-6-2-10(4-12-5-10)9(15)14-8(6)13-3-7/h1,3,12H,2,4-5H2,(H,13,14,15). The van der Waals surface area contributed by atoms with Crippen LogP contribution < -0.4 is 10.6 Å². The molecule has 0 aliphatic carbocycles. The van der Waals surface area contributed by atoms with Gasteiger partial charge in [0.15, 0.2) is 0 Å². The number of pyridine rings is 1. The second kappa shape index (κ2) is 3.02. The first-order chi connectivity index (χ1) is 7.20. The van der Waals surface area contributed by atoms with Gasteiger partial charge in [0.1, 0.15) is 5.82 Å². The van der Waals surface area contributed by atoms with Gasteiger partial charge in [0.2, 0.25) is 5.91 Å². The number of hydrogen-bond acceptors (Lipinski definition) is 3. The highest BCUT2D eigenvalue weighted by molar-refractivity contribution is 9.10. The molecule has 1 spiro atoms. The molecule has 3 rings (SSSR count). The van der Waals surface area contributed by atoms with Crippen molar-refractivity contribution in [3.8, 4) is 0 Å². The monoisotopic (exact) mass is 267 g/mol. The van der Waals surface area contributed by atoms with Gasteiger partial charge in [0.25, 0.3) is 0 Å².